The molecule has 1 aromatic carbocycles. The van der Waals surface area contributed by atoms with Crippen LogP contribution in [0.25, 0.3) is 0 Å². The minimum absolute atomic E-state index is 0.242. The van der Waals surface area contributed by atoms with Crippen LogP contribution in [0.4, 0.5) is 0 Å². The molecule has 2 aliphatic heterocycles. The molecule has 3 rings (SSSR count). The lowest BCUT2D eigenvalue weighted by Gasteiger charge is -2.44. The topological polar surface area (TPSA) is 12.5 Å². The SMILES string of the molecule is c1ccc(CN2CCC3(CCCCO3)CC2)cc1. The van der Waals surface area contributed by atoms with E-state index in [0.29, 0.717) is 0 Å². The summed E-state index contributed by atoms with van der Waals surface area (Å²) in [6.07, 6.45) is 6.35. The van der Waals surface area contributed by atoms with Gasteiger partial charge >= 0.3 is 0 Å². The van der Waals surface area contributed by atoms with Crippen LogP contribution in [0, 0.1) is 0 Å². The highest BCUT2D eigenvalue weighted by Gasteiger charge is 2.36. The number of hydrogen-bond acceptors (Lipinski definition) is 2. The average Bonchev–Trinajstić information content (AvgIpc) is 2.44. The van der Waals surface area contributed by atoms with Gasteiger partial charge in [-0.25, -0.2) is 0 Å². The Labute approximate surface area is 110 Å². The van der Waals surface area contributed by atoms with Crippen molar-refractivity contribution < 1.29 is 4.74 Å². The zero-order chi connectivity index (χ0) is 12.3. The van der Waals surface area contributed by atoms with Crippen LogP contribution in [0.2, 0.25) is 0 Å². The van der Waals surface area contributed by atoms with Crippen molar-refractivity contribution in [2.24, 2.45) is 0 Å². The zero-order valence-corrected chi connectivity index (χ0v) is 11.1. The molecule has 0 saturated carbocycles. The van der Waals surface area contributed by atoms with Gasteiger partial charge in [-0.15, -0.1) is 0 Å². The standard InChI is InChI=1S/C16H23NO/c1-2-6-15(7-3-1)14-17-11-9-16(10-12-17)8-4-5-13-18-16/h1-3,6-7H,4-5,8-14H2. The number of rotatable bonds is 2. The molecule has 0 amide bonds. The first kappa shape index (κ1) is 12.2. The third-order valence-corrected chi connectivity index (χ3v) is 4.45. The van der Waals surface area contributed by atoms with Crippen LogP contribution in [-0.4, -0.2) is 30.2 Å². The third kappa shape index (κ3) is 2.76. The molecule has 2 heterocycles. The van der Waals surface area contributed by atoms with Crippen molar-refractivity contribution >= 4 is 0 Å². The third-order valence-electron chi connectivity index (χ3n) is 4.45. The Morgan fingerprint density at radius 2 is 1.78 bits per heavy atom. The summed E-state index contributed by atoms with van der Waals surface area (Å²) in [5.74, 6) is 0. The zero-order valence-electron chi connectivity index (χ0n) is 11.1. The summed E-state index contributed by atoms with van der Waals surface area (Å²) in [7, 11) is 0. The van der Waals surface area contributed by atoms with Gasteiger partial charge in [0.15, 0.2) is 0 Å². The fraction of sp³-hybridized carbons (Fsp3) is 0.625. The second-order valence-corrected chi connectivity index (χ2v) is 5.75. The first-order valence-corrected chi connectivity index (χ1v) is 7.27. The van der Waals surface area contributed by atoms with E-state index in [1.807, 2.05) is 0 Å². The van der Waals surface area contributed by atoms with Gasteiger partial charge in [0, 0.05) is 26.2 Å². The van der Waals surface area contributed by atoms with E-state index < -0.39 is 0 Å². The average molecular weight is 245 g/mol. The Kier molecular flexibility index (Phi) is 3.67. The lowest BCUT2D eigenvalue weighted by atomic mass is 9.84. The van der Waals surface area contributed by atoms with Crippen LogP contribution in [0.3, 0.4) is 0 Å². The summed E-state index contributed by atoms with van der Waals surface area (Å²) in [5, 5.41) is 0. The van der Waals surface area contributed by atoms with E-state index in [-0.39, 0.29) is 5.60 Å². The van der Waals surface area contributed by atoms with Crippen LogP contribution >= 0.6 is 0 Å². The van der Waals surface area contributed by atoms with Crippen LogP contribution in [0.15, 0.2) is 30.3 Å². The number of benzene rings is 1. The molecule has 0 bridgehead atoms. The van der Waals surface area contributed by atoms with Gasteiger partial charge in [0.1, 0.15) is 0 Å². The normalized spacial score (nSPS) is 24.2. The highest BCUT2D eigenvalue weighted by Crippen LogP contribution is 2.35. The van der Waals surface area contributed by atoms with E-state index in [9.17, 15) is 0 Å². The maximum atomic E-state index is 6.08. The second kappa shape index (κ2) is 5.41. The van der Waals surface area contributed by atoms with Gasteiger partial charge in [0.2, 0.25) is 0 Å². The van der Waals surface area contributed by atoms with E-state index in [1.165, 1.54) is 50.8 Å². The molecule has 0 aromatic heterocycles. The molecule has 2 heteroatoms. The molecule has 0 aliphatic carbocycles. The summed E-state index contributed by atoms with van der Waals surface area (Å²) < 4.78 is 6.08. The molecule has 2 nitrogen and oxygen atoms in total. The summed E-state index contributed by atoms with van der Waals surface area (Å²) >= 11 is 0. The second-order valence-electron chi connectivity index (χ2n) is 5.75. The molecule has 2 aliphatic rings. The fourth-order valence-electron chi connectivity index (χ4n) is 3.26. The first-order chi connectivity index (χ1) is 8.86. The summed E-state index contributed by atoms with van der Waals surface area (Å²) in [6, 6.07) is 10.8. The lowest BCUT2D eigenvalue weighted by Crippen LogP contribution is -2.47. The molecule has 98 valence electrons. The van der Waals surface area contributed by atoms with Gasteiger partial charge in [0.05, 0.1) is 5.60 Å². The molecule has 2 saturated heterocycles. The monoisotopic (exact) mass is 245 g/mol. The van der Waals surface area contributed by atoms with Crippen LogP contribution in [0.5, 0.6) is 0 Å². The van der Waals surface area contributed by atoms with Gasteiger partial charge < -0.3 is 4.74 Å². The molecule has 1 aromatic rings. The molecule has 1 spiro atoms. The van der Waals surface area contributed by atoms with Gasteiger partial charge in [-0.05, 0) is 37.7 Å². The first-order valence-electron chi connectivity index (χ1n) is 7.27. The van der Waals surface area contributed by atoms with Crippen LogP contribution < -0.4 is 0 Å². The molecule has 0 atom stereocenters. The Bertz CT molecular complexity index is 360. The number of ether oxygens (including phenoxy) is 1. The van der Waals surface area contributed by atoms with Crippen LogP contribution in [-0.2, 0) is 11.3 Å². The number of hydrogen-bond donors (Lipinski definition) is 0. The Balaban J connectivity index is 1.54. The van der Waals surface area contributed by atoms with E-state index in [2.05, 4.69) is 35.2 Å². The Morgan fingerprint density at radius 3 is 2.44 bits per heavy atom. The Hall–Kier alpha value is -0.860. The van der Waals surface area contributed by atoms with E-state index in [4.69, 9.17) is 4.74 Å². The van der Waals surface area contributed by atoms with Gasteiger partial charge in [-0.2, -0.15) is 0 Å². The van der Waals surface area contributed by atoms with Crippen molar-refractivity contribution in [1.82, 2.24) is 4.90 Å². The van der Waals surface area contributed by atoms with Crippen molar-refractivity contribution in [3.05, 3.63) is 35.9 Å². The van der Waals surface area contributed by atoms with Crippen molar-refractivity contribution in [3.8, 4) is 0 Å². The molecule has 0 unspecified atom stereocenters. The van der Waals surface area contributed by atoms with E-state index >= 15 is 0 Å². The summed E-state index contributed by atoms with van der Waals surface area (Å²) in [5.41, 5.74) is 1.67. The van der Waals surface area contributed by atoms with Gasteiger partial charge in [-0.3, -0.25) is 4.90 Å². The highest BCUT2D eigenvalue weighted by atomic mass is 16.5. The maximum Gasteiger partial charge on any atom is 0.0706 e. The molecule has 0 radical (unpaired) electrons. The van der Waals surface area contributed by atoms with Crippen molar-refractivity contribution in [2.45, 2.75) is 44.2 Å². The molecular weight excluding hydrogens is 222 g/mol. The molecular formula is C16H23NO. The summed E-state index contributed by atoms with van der Waals surface area (Å²) in [6.45, 7) is 4.46. The molecule has 18 heavy (non-hydrogen) atoms. The van der Waals surface area contributed by atoms with E-state index in [1.54, 1.807) is 0 Å². The van der Waals surface area contributed by atoms with Crippen molar-refractivity contribution in [2.75, 3.05) is 19.7 Å². The lowest BCUT2D eigenvalue weighted by molar-refractivity contribution is -0.112. The highest BCUT2D eigenvalue weighted by molar-refractivity contribution is 5.14. The molecule has 0 N–H and O–H groups in total. The number of piperidine rings is 1. The minimum atomic E-state index is 0.242. The largest absolute Gasteiger partial charge is 0.375 e. The number of nitrogens with zero attached hydrogens (tertiary/aromatic N) is 1. The predicted octanol–water partition coefficient (Wildman–Crippen LogP) is 3.22. The van der Waals surface area contributed by atoms with Crippen molar-refractivity contribution in [1.29, 1.82) is 0 Å². The maximum absolute atomic E-state index is 6.08. The van der Waals surface area contributed by atoms with E-state index in [0.717, 1.165) is 13.2 Å². The predicted molar refractivity (Wildman–Crippen MR) is 73.5 cm³/mol. The van der Waals surface area contributed by atoms with Gasteiger partial charge in [0.25, 0.3) is 0 Å². The van der Waals surface area contributed by atoms with Crippen LogP contribution in [0.1, 0.15) is 37.7 Å². The quantitative estimate of drug-likeness (QED) is 0.793. The molecule has 2 fully saturated rings. The fourth-order valence-corrected chi connectivity index (χ4v) is 3.26. The smallest absolute Gasteiger partial charge is 0.0706 e. The summed E-state index contributed by atoms with van der Waals surface area (Å²) in [4.78, 5) is 2.57. The minimum Gasteiger partial charge on any atom is -0.375 e. The van der Waals surface area contributed by atoms with Crippen molar-refractivity contribution in [3.63, 3.8) is 0 Å². The Morgan fingerprint density at radius 1 is 1.00 bits per heavy atom. The van der Waals surface area contributed by atoms with Gasteiger partial charge in [-0.1, -0.05) is 30.3 Å². The number of likely N-dealkylation sites (tertiary alicyclic amines) is 1.